The first-order valence-electron chi connectivity index (χ1n) is 6.83. The minimum absolute atomic E-state index is 0.258. The molecule has 0 radical (unpaired) electrons. The first-order valence-corrected chi connectivity index (χ1v) is 8.71. The van der Waals surface area contributed by atoms with Crippen LogP contribution in [0.2, 0.25) is 0 Å². The molecule has 1 N–H and O–H groups in total. The number of hydrogen-bond acceptors (Lipinski definition) is 3. The van der Waals surface area contributed by atoms with E-state index in [2.05, 4.69) is 5.32 Å². The van der Waals surface area contributed by atoms with Crippen molar-refractivity contribution in [1.82, 2.24) is 4.31 Å². The van der Waals surface area contributed by atoms with E-state index >= 15 is 0 Å². The number of rotatable bonds is 4. The molecule has 0 bridgehead atoms. The fourth-order valence-electron chi connectivity index (χ4n) is 2.42. The second-order valence-electron chi connectivity index (χ2n) is 5.38. The molecule has 0 amide bonds. The Bertz CT molecular complexity index is 552. The second-order valence-corrected chi connectivity index (χ2v) is 8.11. The van der Waals surface area contributed by atoms with E-state index < -0.39 is 10.0 Å². The predicted molar refractivity (Wildman–Crippen MR) is 82.8 cm³/mol. The first-order chi connectivity index (χ1) is 9.41. The molecule has 1 aliphatic carbocycles. The van der Waals surface area contributed by atoms with Crippen LogP contribution in [0, 0.1) is 0 Å². The van der Waals surface area contributed by atoms with Gasteiger partial charge in [-0.3, -0.25) is 0 Å². The predicted octanol–water partition coefficient (Wildman–Crippen LogP) is 2.90. The lowest BCUT2D eigenvalue weighted by Crippen LogP contribution is -2.28. The highest BCUT2D eigenvalue weighted by Crippen LogP contribution is 2.29. The van der Waals surface area contributed by atoms with Crippen LogP contribution < -0.4 is 5.32 Å². The number of benzene rings is 1. The number of hydrogen-bond donors (Lipinski definition) is 1. The lowest BCUT2D eigenvalue weighted by atomic mass is 9.95. The van der Waals surface area contributed by atoms with E-state index in [1.54, 1.807) is 26.2 Å². The Kier molecular flexibility index (Phi) is 4.94. The summed E-state index contributed by atoms with van der Waals surface area (Å²) in [6, 6.07) is 7.36. The largest absolute Gasteiger partial charge is 0.381 e. The second kappa shape index (κ2) is 6.33. The van der Waals surface area contributed by atoms with Gasteiger partial charge in [0.15, 0.2) is 0 Å². The lowest BCUT2D eigenvalue weighted by molar-refractivity contribution is 0.467. The Balaban J connectivity index is 2.21. The highest BCUT2D eigenvalue weighted by atomic mass is 35.5. The van der Waals surface area contributed by atoms with Gasteiger partial charge in [-0.15, -0.1) is 11.6 Å². The summed E-state index contributed by atoms with van der Waals surface area (Å²) in [4.78, 5) is 0.331. The fourth-order valence-corrected chi connectivity index (χ4v) is 3.73. The topological polar surface area (TPSA) is 49.4 Å². The van der Waals surface area contributed by atoms with Crippen LogP contribution in [0.1, 0.15) is 25.7 Å². The molecule has 0 unspecified atom stereocenters. The number of para-hydroxylation sites is 1. The molecule has 0 aliphatic heterocycles. The fraction of sp³-hybridized carbons (Fsp3) is 0.571. The Morgan fingerprint density at radius 2 is 1.75 bits per heavy atom. The van der Waals surface area contributed by atoms with Gasteiger partial charge in [0.05, 0.1) is 5.69 Å². The van der Waals surface area contributed by atoms with E-state index in [0.717, 1.165) is 25.7 Å². The smallest absolute Gasteiger partial charge is 0.244 e. The summed E-state index contributed by atoms with van der Waals surface area (Å²) in [5.41, 5.74) is 0.680. The minimum atomic E-state index is -3.42. The number of nitrogens with one attached hydrogen (secondary N) is 1. The highest BCUT2D eigenvalue weighted by Gasteiger charge is 2.24. The molecule has 6 heteroatoms. The van der Waals surface area contributed by atoms with E-state index in [1.807, 2.05) is 12.1 Å². The summed E-state index contributed by atoms with van der Waals surface area (Å²) >= 11 is 6.10. The van der Waals surface area contributed by atoms with Crippen molar-refractivity contribution in [2.24, 2.45) is 0 Å². The third-order valence-corrected chi connectivity index (χ3v) is 5.97. The molecule has 1 fully saturated rings. The summed E-state index contributed by atoms with van der Waals surface area (Å²) in [5, 5.41) is 3.62. The molecule has 0 aromatic heterocycles. The molecular formula is C14H21ClN2O2S. The van der Waals surface area contributed by atoms with Crippen molar-refractivity contribution in [2.45, 2.75) is 42.0 Å². The van der Waals surface area contributed by atoms with Gasteiger partial charge in [0.1, 0.15) is 4.90 Å². The SMILES string of the molecule is CN(C)S(=O)(=O)c1ccccc1NC1CCC(Cl)CC1. The van der Waals surface area contributed by atoms with Gasteiger partial charge in [-0.1, -0.05) is 12.1 Å². The molecule has 20 heavy (non-hydrogen) atoms. The Labute approximate surface area is 126 Å². The van der Waals surface area contributed by atoms with Crippen molar-refractivity contribution < 1.29 is 8.42 Å². The first kappa shape index (κ1) is 15.6. The van der Waals surface area contributed by atoms with Crippen molar-refractivity contribution in [3.05, 3.63) is 24.3 Å². The average molecular weight is 317 g/mol. The molecular weight excluding hydrogens is 296 g/mol. The van der Waals surface area contributed by atoms with Crippen LogP contribution in [0.15, 0.2) is 29.2 Å². The van der Waals surface area contributed by atoms with Gasteiger partial charge in [-0.05, 0) is 37.8 Å². The molecule has 2 rings (SSSR count). The third-order valence-electron chi connectivity index (χ3n) is 3.66. The summed E-state index contributed by atoms with van der Waals surface area (Å²) < 4.78 is 25.9. The zero-order valence-corrected chi connectivity index (χ0v) is 13.4. The maximum absolute atomic E-state index is 12.3. The molecule has 1 aromatic carbocycles. The van der Waals surface area contributed by atoms with E-state index in [-0.39, 0.29) is 5.38 Å². The van der Waals surface area contributed by atoms with E-state index in [9.17, 15) is 8.42 Å². The molecule has 0 heterocycles. The summed E-state index contributed by atoms with van der Waals surface area (Å²) in [7, 11) is -0.331. The highest BCUT2D eigenvalue weighted by molar-refractivity contribution is 7.89. The Morgan fingerprint density at radius 3 is 2.35 bits per heavy atom. The van der Waals surface area contributed by atoms with Gasteiger partial charge < -0.3 is 5.32 Å². The van der Waals surface area contributed by atoms with Gasteiger partial charge in [-0.2, -0.15) is 0 Å². The van der Waals surface area contributed by atoms with Crippen LogP contribution in [0.25, 0.3) is 0 Å². The third kappa shape index (κ3) is 3.45. The van der Waals surface area contributed by atoms with Crippen LogP contribution >= 0.6 is 11.6 Å². The zero-order chi connectivity index (χ0) is 14.8. The van der Waals surface area contributed by atoms with Crippen LogP contribution in [-0.2, 0) is 10.0 Å². The Morgan fingerprint density at radius 1 is 1.15 bits per heavy atom. The quantitative estimate of drug-likeness (QED) is 0.869. The van der Waals surface area contributed by atoms with Crippen molar-refractivity contribution >= 4 is 27.3 Å². The molecule has 0 atom stereocenters. The Hall–Kier alpha value is -0.780. The van der Waals surface area contributed by atoms with Gasteiger partial charge in [0.2, 0.25) is 10.0 Å². The number of alkyl halides is 1. The monoisotopic (exact) mass is 316 g/mol. The molecule has 4 nitrogen and oxygen atoms in total. The van der Waals surface area contributed by atoms with Gasteiger partial charge in [-0.25, -0.2) is 12.7 Å². The van der Waals surface area contributed by atoms with Crippen molar-refractivity contribution in [3.8, 4) is 0 Å². The van der Waals surface area contributed by atoms with Gasteiger partial charge in [0.25, 0.3) is 0 Å². The number of sulfonamides is 1. The zero-order valence-electron chi connectivity index (χ0n) is 11.8. The lowest BCUT2D eigenvalue weighted by Gasteiger charge is -2.27. The molecule has 1 aliphatic rings. The van der Waals surface area contributed by atoms with Crippen LogP contribution in [0.5, 0.6) is 0 Å². The molecule has 112 valence electrons. The van der Waals surface area contributed by atoms with Crippen molar-refractivity contribution in [3.63, 3.8) is 0 Å². The van der Waals surface area contributed by atoms with Crippen LogP contribution in [0.3, 0.4) is 0 Å². The maximum atomic E-state index is 12.3. The molecule has 1 saturated carbocycles. The normalized spacial score (nSPS) is 23.8. The number of nitrogens with zero attached hydrogens (tertiary/aromatic N) is 1. The summed E-state index contributed by atoms with van der Waals surface area (Å²) in [6.45, 7) is 0. The van der Waals surface area contributed by atoms with Crippen LogP contribution in [-0.4, -0.2) is 38.2 Å². The molecule has 0 saturated heterocycles. The van der Waals surface area contributed by atoms with E-state index in [4.69, 9.17) is 11.6 Å². The standard InChI is InChI=1S/C14H21ClN2O2S/c1-17(2)20(18,19)14-6-4-3-5-13(14)16-12-9-7-11(15)8-10-12/h3-6,11-12,16H,7-10H2,1-2H3. The van der Waals surface area contributed by atoms with E-state index in [0.29, 0.717) is 16.6 Å². The van der Waals surface area contributed by atoms with Gasteiger partial charge in [0, 0.05) is 25.5 Å². The van der Waals surface area contributed by atoms with Crippen LogP contribution in [0.4, 0.5) is 5.69 Å². The summed E-state index contributed by atoms with van der Waals surface area (Å²) in [6.07, 6.45) is 3.90. The number of halogens is 1. The molecule has 0 spiro atoms. The maximum Gasteiger partial charge on any atom is 0.244 e. The van der Waals surface area contributed by atoms with E-state index in [1.165, 1.54) is 4.31 Å². The number of anilines is 1. The minimum Gasteiger partial charge on any atom is -0.381 e. The summed E-state index contributed by atoms with van der Waals surface area (Å²) in [5.74, 6) is 0. The van der Waals surface area contributed by atoms with Gasteiger partial charge >= 0.3 is 0 Å². The average Bonchev–Trinajstić information content (AvgIpc) is 2.41. The molecule has 1 aromatic rings. The van der Waals surface area contributed by atoms with Crippen molar-refractivity contribution in [2.75, 3.05) is 19.4 Å². The van der Waals surface area contributed by atoms with Crippen molar-refractivity contribution in [1.29, 1.82) is 0 Å².